The molecular formula is C22H25N7. The van der Waals surface area contributed by atoms with Gasteiger partial charge in [0.2, 0.25) is 0 Å². The molecule has 4 heterocycles. The molecule has 0 fully saturated rings. The quantitative estimate of drug-likeness (QED) is 0.729. The second-order valence-corrected chi connectivity index (χ2v) is 7.23. The van der Waals surface area contributed by atoms with Crippen molar-refractivity contribution in [1.29, 1.82) is 0 Å². The normalized spacial score (nSPS) is 14.0. The molecule has 7 nitrogen and oxygen atoms in total. The predicted octanol–water partition coefficient (Wildman–Crippen LogP) is 3.86. The lowest BCUT2D eigenvalue weighted by Gasteiger charge is -2.33. The van der Waals surface area contributed by atoms with Crippen LogP contribution in [0.5, 0.6) is 0 Å². The Balaban J connectivity index is 1.74. The summed E-state index contributed by atoms with van der Waals surface area (Å²) in [5.74, 6) is 2.27. The highest BCUT2D eigenvalue weighted by Crippen LogP contribution is 2.34. The molecule has 0 unspecified atom stereocenters. The zero-order valence-electron chi connectivity index (χ0n) is 16.8. The standard InChI is InChI=1S/C22H25N7/c1-16-12-18(14-24-13-16)19-6-7-20-22(27-19)29(11-5-4-10-28(20)3)17(2)26-21-15-23-8-9-25-21/h6-9,12-15H,2,4-5,10-11H2,1,3H3,(H,25,26). The van der Waals surface area contributed by atoms with Crippen molar-refractivity contribution in [2.45, 2.75) is 19.8 Å². The van der Waals surface area contributed by atoms with Crippen LogP contribution < -0.4 is 15.1 Å². The van der Waals surface area contributed by atoms with Crippen molar-refractivity contribution in [2.75, 3.05) is 35.3 Å². The minimum Gasteiger partial charge on any atom is -0.372 e. The van der Waals surface area contributed by atoms with E-state index in [9.17, 15) is 0 Å². The largest absolute Gasteiger partial charge is 0.372 e. The first-order chi connectivity index (χ1) is 14.1. The second kappa shape index (κ2) is 8.26. The number of aryl methyl sites for hydroxylation is 1. The first-order valence-electron chi connectivity index (χ1n) is 9.75. The molecule has 0 spiro atoms. The molecule has 29 heavy (non-hydrogen) atoms. The molecule has 3 aromatic rings. The van der Waals surface area contributed by atoms with E-state index >= 15 is 0 Å². The summed E-state index contributed by atoms with van der Waals surface area (Å²) in [6.45, 7) is 8.13. The van der Waals surface area contributed by atoms with E-state index in [4.69, 9.17) is 4.98 Å². The van der Waals surface area contributed by atoms with Crippen molar-refractivity contribution in [1.82, 2.24) is 19.9 Å². The SMILES string of the molecule is C=C(Nc1cnccn1)N1CCCCN(C)c2ccc(-c3cncc(C)c3)nc21. The third-order valence-corrected chi connectivity index (χ3v) is 4.98. The average molecular weight is 387 g/mol. The van der Waals surface area contributed by atoms with Gasteiger partial charge < -0.3 is 15.1 Å². The Morgan fingerprint density at radius 1 is 1.07 bits per heavy atom. The molecule has 4 rings (SSSR count). The zero-order valence-corrected chi connectivity index (χ0v) is 16.8. The van der Waals surface area contributed by atoms with E-state index < -0.39 is 0 Å². The number of fused-ring (bicyclic) bond motifs is 1. The number of anilines is 3. The molecule has 1 aliphatic heterocycles. The van der Waals surface area contributed by atoms with Crippen molar-refractivity contribution in [3.8, 4) is 11.3 Å². The van der Waals surface area contributed by atoms with Gasteiger partial charge in [0.15, 0.2) is 5.82 Å². The molecule has 1 N–H and O–H groups in total. The maximum atomic E-state index is 5.03. The second-order valence-electron chi connectivity index (χ2n) is 7.23. The molecule has 0 saturated carbocycles. The Bertz CT molecular complexity index is 1000. The summed E-state index contributed by atoms with van der Waals surface area (Å²) in [6, 6.07) is 6.30. The van der Waals surface area contributed by atoms with Crippen LogP contribution in [0.3, 0.4) is 0 Å². The molecule has 1 aliphatic rings. The van der Waals surface area contributed by atoms with Crippen LogP contribution in [0, 0.1) is 6.92 Å². The van der Waals surface area contributed by atoms with Crippen molar-refractivity contribution in [2.24, 2.45) is 0 Å². The lowest BCUT2D eigenvalue weighted by molar-refractivity contribution is 0.687. The van der Waals surface area contributed by atoms with Crippen molar-refractivity contribution < 1.29 is 0 Å². The molecule has 0 bridgehead atoms. The molecule has 0 aliphatic carbocycles. The summed E-state index contributed by atoms with van der Waals surface area (Å²) in [7, 11) is 2.11. The van der Waals surface area contributed by atoms with Gasteiger partial charge in [0, 0.05) is 50.5 Å². The zero-order chi connectivity index (χ0) is 20.2. The van der Waals surface area contributed by atoms with E-state index in [0.717, 1.165) is 60.1 Å². The highest BCUT2D eigenvalue weighted by Gasteiger charge is 2.22. The van der Waals surface area contributed by atoms with Gasteiger partial charge in [-0.1, -0.05) is 6.58 Å². The summed E-state index contributed by atoms with van der Waals surface area (Å²) in [5.41, 5.74) is 4.09. The molecule has 0 saturated heterocycles. The molecule has 0 amide bonds. The molecule has 3 aromatic heterocycles. The Morgan fingerprint density at radius 2 is 1.93 bits per heavy atom. The fraction of sp³-hybridized carbons (Fsp3) is 0.273. The number of nitrogens with one attached hydrogen (secondary N) is 1. The maximum absolute atomic E-state index is 5.03. The highest BCUT2D eigenvalue weighted by atomic mass is 15.3. The minimum atomic E-state index is 0.661. The molecule has 0 radical (unpaired) electrons. The smallest absolute Gasteiger partial charge is 0.158 e. The van der Waals surface area contributed by atoms with Crippen LogP contribution in [-0.2, 0) is 0 Å². The van der Waals surface area contributed by atoms with Crippen LogP contribution >= 0.6 is 0 Å². The van der Waals surface area contributed by atoms with Gasteiger partial charge in [-0.3, -0.25) is 9.97 Å². The van der Waals surface area contributed by atoms with E-state index in [2.05, 4.69) is 61.9 Å². The fourth-order valence-corrected chi connectivity index (χ4v) is 3.48. The Hall–Kier alpha value is -3.48. The minimum absolute atomic E-state index is 0.661. The van der Waals surface area contributed by atoms with Gasteiger partial charge in [-0.15, -0.1) is 0 Å². The van der Waals surface area contributed by atoms with Crippen LogP contribution in [0.15, 0.2) is 61.6 Å². The van der Waals surface area contributed by atoms with Crippen LogP contribution in [0.2, 0.25) is 0 Å². The van der Waals surface area contributed by atoms with Gasteiger partial charge in [0.1, 0.15) is 11.6 Å². The molecular weight excluding hydrogens is 362 g/mol. The number of nitrogens with zero attached hydrogens (tertiary/aromatic N) is 6. The van der Waals surface area contributed by atoms with E-state index in [1.54, 1.807) is 18.6 Å². The number of rotatable bonds is 4. The van der Waals surface area contributed by atoms with E-state index in [-0.39, 0.29) is 0 Å². The first-order valence-corrected chi connectivity index (χ1v) is 9.75. The van der Waals surface area contributed by atoms with Gasteiger partial charge in [-0.05, 0) is 43.5 Å². The van der Waals surface area contributed by atoms with Gasteiger partial charge in [0.05, 0.1) is 17.6 Å². The Morgan fingerprint density at radius 3 is 2.72 bits per heavy atom. The highest BCUT2D eigenvalue weighted by molar-refractivity contribution is 5.74. The molecule has 0 aromatic carbocycles. The number of hydrogen-bond acceptors (Lipinski definition) is 7. The van der Waals surface area contributed by atoms with Gasteiger partial charge in [0.25, 0.3) is 0 Å². The lowest BCUT2D eigenvalue weighted by Crippen LogP contribution is -2.33. The Labute approximate surface area is 171 Å². The topological polar surface area (TPSA) is 70.1 Å². The number of aromatic nitrogens is 4. The van der Waals surface area contributed by atoms with Crippen molar-refractivity contribution in [3.05, 3.63) is 67.1 Å². The van der Waals surface area contributed by atoms with E-state index in [1.807, 2.05) is 19.3 Å². The van der Waals surface area contributed by atoms with Crippen LogP contribution in [-0.4, -0.2) is 40.1 Å². The third-order valence-electron chi connectivity index (χ3n) is 4.98. The predicted molar refractivity (Wildman–Crippen MR) is 117 cm³/mol. The first kappa shape index (κ1) is 18.9. The summed E-state index contributed by atoms with van der Waals surface area (Å²) in [5, 5.41) is 3.27. The van der Waals surface area contributed by atoms with Crippen molar-refractivity contribution >= 4 is 17.3 Å². The fourth-order valence-electron chi connectivity index (χ4n) is 3.48. The third kappa shape index (κ3) is 4.18. The number of pyridine rings is 2. The molecule has 0 atom stereocenters. The summed E-state index contributed by atoms with van der Waals surface area (Å²) in [4.78, 5) is 22.2. The van der Waals surface area contributed by atoms with Crippen LogP contribution in [0.4, 0.5) is 17.3 Å². The van der Waals surface area contributed by atoms with Gasteiger partial charge in [-0.2, -0.15) is 0 Å². The monoisotopic (exact) mass is 387 g/mol. The average Bonchev–Trinajstić information content (AvgIpc) is 2.72. The van der Waals surface area contributed by atoms with Crippen LogP contribution in [0.25, 0.3) is 11.3 Å². The van der Waals surface area contributed by atoms with E-state index in [0.29, 0.717) is 5.82 Å². The summed E-state index contributed by atoms with van der Waals surface area (Å²) in [6.07, 6.45) is 10.8. The van der Waals surface area contributed by atoms with Gasteiger partial charge >= 0.3 is 0 Å². The van der Waals surface area contributed by atoms with Crippen LogP contribution in [0.1, 0.15) is 18.4 Å². The Kier molecular flexibility index (Phi) is 5.37. The lowest BCUT2D eigenvalue weighted by atomic mass is 10.1. The van der Waals surface area contributed by atoms with E-state index in [1.165, 1.54) is 0 Å². The van der Waals surface area contributed by atoms with Gasteiger partial charge in [-0.25, -0.2) is 9.97 Å². The summed E-state index contributed by atoms with van der Waals surface area (Å²) >= 11 is 0. The number of hydrogen-bond donors (Lipinski definition) is 1. The summed E-state index contributed by atoms with van der Waals surface area (Å²) < 4.78 is 0. The molecule has 7 heteroatoms. The molecule has 148 valence electrons. The van der Waals surface area contributed by atoms with Crippen molar-refractivity contribution in [3.63, 3.8) is 0 Å². The maximum Gasteiger partial charge on any atom is 0.158 e.